The molecule has 0 aliphatic heterocycles. The normalized spacial score (nSPS) is 17.6. The zero-order valence-electron chi connectivity index (χ0n) is 14.4. The van der Waals surface area contributed by atoms with Crippen LogP contribution in [-0.4, -0.2) is 38.8 Å². The number of rotatable bonds is 10. The maximum atomic E-state index is 9.55. The lowest BCUT2D eigenvalue weighted by Crippen LogP contribution is -2.28. The molecule has 0 rings (SSSR count). The Hall–Kier alpha value is 0.120. The van der Waals surface area contributed by atoms with Gasteiger partial charge in [-0.1, -0.05) is 0 Å². The van der Waals surface area contributed by atoms with E-state index in [0.29, 0.717) is 19.3 Å². The second kappa shape index (κ2) is 8.99. The summed E-state index contributed by atoms with van der Waals surface area (Å²) in [4.78, 5) is 0. The van der Waals surface area contributed by atoms with E-state index >= 15 is 0 Å². The summed E-state index contributed by atoms with van der Waals surface area (Å²) in [6.07, 6.45) is 1.41. The van der Waals surface area contributed by atoms with Crippen molar-refractivity contribution in [3.63, 3.8) is 0 Å². The Bertz CT molecular complexity index is 524. The molecule has 0 radical (unpaired) electrons. The smallest absolute Gasteiger partial charge is 0.208 e. The number of hydrogen-bond acceptors (Lipinski definition) is 8. The van der Waals surface area contributed by atoms with E-state index in [1.165, 1.54) is 28.4 Å². The molecule has 0 amide bonds. The third-order valence-corrected chi connectivity index (χ3v) is 13.2. The molecule has 2 atom stereocenters. The first-order chi connectivity index (χ1) is 10.6. The monoisotopic (exact) mass is 398 g/mol. The molecule has 10 heteroatoms. The van der Waals surface area contributed by atoms with Crippen molar-refractivity contribution in [1.82, 2.24) is 0 Å². The van der Waals surface area contributed by atoms with Gasteiger partial charge in [0.05, 0.1) is 12.1 Å². The molecule has 0 aromatic carbocycles. The van der Waals surface area contributed by atoms with Crippen LogP contribution < -0.4 is 0 Å². The highest BCUT2D eigenvalue weighted by Crippen LogP contribution is 2.63. The van der Waals surface area contributed by atoms with Gasteiger partial charge in [0.15, 0.2) is 0 Å². The van der Waals surface area contributed by atoms with Crippen LogP contribution in [0.25, 0.3) is 0 Å². The van der Waals surface area contributed by atoms with Crippen molar-refractivity contribution in [3.8, 4) is 12.1 Å². The number of nitrogens with zero attached hydrogens (tertiary/aromatic N) is 2. The third kappa shape index (κ3) is 4.60. The van der Waals surface area contributed by atoms with Crippen LogP contribution in [0, 0.1) is 22.7 Å². The molecule has 0 aromatic heterocycles. The fourth-order valence-electron chi connectivity index (χ4n) is 2.24. The van der Waals surface area contributed by atoms with E-state index in [9.17, 15) is 10.5 Å². The first kappa shape index (κ1) is 23.1. The minimum atomic E-state index is -2.74. The summed E-state index contributed by atoms with van der Waals surface area (Å²) >= 11 is 10.8. The van der Waals surface area contributed by atoms with Crippen molar-refractivity contribution < 1.29 is 18.1 Å². The number of hydrogen-bond donors (Lipinski definition) is 0. The van der Waals surface area contributed by atoms with Crippen LogP contribution in [0.1, 0.15) is 33.1 Å². The van der Waals surface area contributed by atoms with Crippen LogP contribution in [0.4, 0.5) is 0 Å². The maximum absolute atomic E-state index is 9.55. The van der Waals surface area contributed by atoms with Gasteiger partial charge in [-0.05, 0) is 56.7 Å². The molecule has 0 aliphatic rings. The predicted octanol–water partition coefficient (Wildman–Crippen LogP) is 3.93. The first-order valence-corrected chi connectivity index (χ1v) is 12.1. The van der Waals surface area contributed by atoms with E-state index in [4.69, 9.17) is 41.7 Å². The Morgan fingerprint density at radius 3 is 1.22 bits per heavy atom. The molecule has 0 fully saturated rings. The molecule has 0 spiro atoms. The molecule has 2 unspecified atom stereocenters. The summed E-state index contributed by atoms with van der Waals surface area (Å²) in [7, 11) is 5.81. The van der Waals surface area contributed by atoms with Gasteiger partial charge in [-0.2, -0.15) is 10.5 Å². The maximum Gasteiger partial charge on any atom is 0.208 e. The van der Waals surface area contributed by atoms with Crippen molar-refractivity contribution in [3.05, 3.63) is 0 Å². The van der Waals surface area contributed by atoms with Gasteiger partial charge < -0.3 is 18.1 Å². The van der Waals surface area contributed by atoms with Crippen LogP contribution in [-0.2, 0) is 41.7 Å². The Morgan fingerprint density at radius 2 is 1.04 bits per heavy atom. The lowest BCUT2D eigenvalue weighted by Gasteiger charge is -2.35. The fraction of sp³-hybridized carbons (Fsp3) is 0.846. The van der Waals surface area contributed by atoms with Crippen molar-refractivity contribution in [2.75, 3.05) is 28.4 Å². The topological polar surface area (TPSA) is 84.5 Å². The van der Waals surface area contributed by atoms with Gasteiger partial charge in [-0.15, -0.1) is 0 Å². The molecule has 132 valence electrons. The summed E-state index contributed by atoms with van der Waals surface area (Å²) in [6, 6.07) is 4.45. The molecule has 0 N–H and O–H groups in total. The van der Waals surface area contributed by atoms with Crippen molar-refractivity contribution in [2.24, 2.45) is 0 Å². The molecule has 0 saturated carbocycles. The Kier molecular flexibility index (Phi) is 9.04. The number of nitriles is 2. The van der Waals surface area contributed by atoms with Crippen LogP contribution in [0.3, 0.4) is 0 Å². The standard InChI is InChI=1S/C13H24N2O4P2S2/c1-12(10-14,20(22,16-3)17-4)8-7-9-13(2,11-15)21(23,18-5)19-6/h7-9H2,1-6H3. The van der Waals surface area contributed by atoms with Crippen molar-refractivity contribution in [1.29, 1.82) is 10.5 Å². The molecule has 0 heterocycles. The molecule has 0 bridgehead atoms. The van der Waals surface area contributed by atoms with E-state index in [1.54, 1.807) is 13.8 Å². The van der Waals surface area contributed by atoms with E-state index in [1.807, 2.05) is 0 Å². The lowest BCUT2D eigenvalue weighted by molar-refractivity contribution is 0.308. The van der Waals surface area contributed by atoms with Gasteiger partial charge in [-0.3, -0.25) is 0 Å². The van der Waals surface area contributed by atoms with E-state index < -0.39 is 23.3 Å². The van der Waals surface area contributed by atoms with Gasteiger partial charge in [0.25, 0.3) is 0 Å². The van der Waals surface area contributed by atoms with Gasteiger partial charge in [0.1, 0.15) is 10.3 Å². The summed E-state index contributed by atoms with van der Waals surface area (Å²) in [6.45, 7) is -2.02. The average molecular weight is 398 g/mol. The van der Waals surface area contributed by atoms with Crippen LogP contribution in [0.5, 0.6) is 0 Å². The Labute approximate surface area is 149 Å². The lowest BCUT2D eigenvalue weighted by atomic mass is 9.99. The van der Waals surface area contributed by atoms with Crippen molar-refractivity contribution >= 4 is 36.6 Å². The predicted molar refractivity (Wildman–Crippen MR) is 98.5 cm³/mol. The largest absolute Gasteiger partial charge is 0.332 e. The van der Waals surface area contributed by atoms with Gasteiger partial charge in [-0.25, -0.2) is 0 Å². The van der Waals surface area contributed by atoms with E-state index in [0.717, 1.165) is 0 Å². The highest BCUT2D eigenvalue weighted by atomic mass is 32.5. The molecule has 23 heavy (non-hydrogen) atoms. The summed E-state index contributed by atoms with van der Waals surface area (Å²) in [5, 5.41) is 17.2. The highest BCUT2D eigenvalue weighted by Gasteiger charge is 2.45. The molecule has 0 aliphatic carbocycles. The average Bonchev–Trinajstić information content (AvgIpc) is 2.59. The second-order valence-corrected chi connectivity index (χ2v) is 13.7. The molecular weight excluding hydrogens is 374 g/mol. The van der Waals surface area contributed by atoms with Gasteiger partial charge >= 0.3 is 0 Å². The minimum absolute atomic E-state index is 0.433. The van der Waals surface area contributed by atoms with Crippen LogP contribution in [0.2, 0.25) is 0 Å². The molecular formula is C13H24N2O4P2S2. The van der Waals surface area contributed by atoms with E-state index in [-0.39, 0.29) is 0 Å². The molecule has 6 nitrogen and oxygen atoms in total. The second-order valence-electron chi connectivity index (χ2n) is 5.35. The van der Waals surface area contributed by atoms with Crippen LogP contribution in [0.15, 0.2) is 0 Å². The minimum Gasteiger partial charge on any atom is -0.332 e. The fourth-order valence-corrected chi connectivity index (χ4v) is 6.05. The van der Waals surface area contributed by atoms with E-state index in [2.05, 4.69) is 12.1 Å². The Morgan fingerprint density at radius 1 is 0.783 bits per heavy atom. The molecule has 0 aromatic rings. The Balaban J connectivity index is 5.27. The first-order valence-electron chi connectivity index (χ1n) is 6.83. The highest BCUT2D eigenvalue weighted by molar-refractivity contribution is 8.11. The third-order valence-electron chi connectivity index (χ3n) is 3.98. The molecule has 0 saturated heterocycles. The summed E-state index contributed by atoms with van der Waals surface area (Å²) < 4.78 is 21.3. The summed E-state index contributed by atoms with van der Waals surface area (Å²) in [5.74, 6) is 0. The SMILES string of the molecule is COP(=S)(OC)C(C)(C#N)CCCC(C)(C#N)P(=S)(OC)OC. The van der Waals surface area contributed by atoms with Gasteiger partial charge in [0, 0.05) is 28.4 Å². The van der Waals surface area contributed by atoms with Crippen LogP contribution >= 0.6 is 13.0 Å². The quantitative estimate of drug-likeness (QED) is 0.512. The zero-order chi connectivity index (χ0) is 18.4. The zero-order valence-corrected chi connectivity index (χ0v) is 17.8. The van der Waals surface area contributed by atoms with Crippen molar-refractivity contribution in [2.45, 2.75) is 43.4 Å². The van der Waals surface area contributed by atoms with Gasteiger partial charge in [0.2, 0.25) is 13.0 Å². The summed E-state index contributed by atoms with van der Waals surface area (Å²) in [5.41, 5.74) is 0.